The SMILES string of the molecule is CC1(C(=O)O)C=CC=C(C(=O)O)C1.O=C(Nc1ccccc1)Nc1ccc(C2CCNC2)cc1. The van der Waals surface area contributed by atoms with E-state index in [0.29, 0.717) is 5.92 Å². The van der Waals surface area contributed by atoms with Crippen molar-refractivity contribution in [2.24, 2.45) is 5.41 Å². The maximum absolute atomic E-state index is 11.9. The van der Waals surface area contributed by atoms with Crippen LogP contribution in [0.1, 0.15) is 31.2 Å². The Kier molecular flexibility index (Phi) is 8.21. The van der Waals surface area contributed by atoms with E-state index in [9.17, 15) is 14.4 Å². The minimum atomic E-state index is -1.08. The summed E-state index contributed by atoms with van der Waals surface area (Å²) in [5.74, 6) is -1.47. The Hall–Kier alpha value is -3.91. The van der Waals surface area contributed by atoms with E-state index in [1.807, 2.05) is 42.5 Å². The lowest BCUT2D eigenvalue weighted by Gasteiger charge is -2.23. The van der Waals surface area contributed by atoms with Crippen LogP contribution in [0.4, 0.5) is 16.2 Å². The number of rotatable bonds is 5. The molecule has 2 aromatic carbocycles. The monoisotopic (exact) mass is 463 g/mol. The summed E-state index contributed by atoms with van der Waals surface area (Å²) >= 11 is 0. The lowest BCUT2D eigenvalue weighted by molar-refractivity contribution is -0.145. The van der Waals surface area contributed by atoms with E-state index in [1.165, 1.54) is 37.1 Å². The summed E-state index contributed by atoms with van der Waals surface area (Å²) in [6.45, 7) is 3.63. The molecule has 5 N–H and O–H groups in total. The molecular formula is C26H29N3O5. The van der Waals surface area contributed by atoms with Crippen LogP contribution in [0.3, 0.4) is 0 Å². The molecule has 8 nitrogen and oxygen atoms in total. The van der Waals surface area contributed by atoms with Gasteiger partial charge in [0.1, 0.15) is 0 Å². The average Bonchev–Trinajstić information content (AvgIpc) is 3.35. The molecule has 4 rings (SSSR count). The zero-order chi connectivity index (χ0) is 24.6. The van der Waals surface area contributed by atoms with Crippen LogP contribution in [0.25, 0.3) is 0 Å². The summed E-state index contributed by atoms with van der Waals surface area (Å²) in [4.78, 5) is 33.2. The first kappa shape index (κ1) is 24.7. The van der Waals surface area contributed by atoms with Gasteiger partial charge in [-0.15, -0.1) is 0 Å². The number of nitrogens with one attached hydrogen (secondary N) is 3. The second kappa shape index (κ2) is 11.3. The maximum atomic E-state index is 11.9. The summed E-state index contributed by atoms with van der Waals surface area (Å²) in [6, 6.07) is 17.3. The van der Waals surface area contributed by atoms with Crippen molar-refractivity contribution in [3.05, 3.63) is 84.0 Å². The predicted octanol–water partition coefficient (Wildman–Crippen LogP) is 4.46. The van der Waals surface area contributed by atoms with Crippen LogP contribution in [-0.4, -0.2) is 41.3 Å². The van der Waals surface area contributed by atoms with Gasteiger partial charge in [-0.3, -0.25) is 4.79 Å². The number of carboxylic acids is 2. The number of carboxylic acid groups (broad SMARTS) is 2. The predicted molar refractivity (Wildman–Crippen MR) is 131 cm³/mol. The number of carbonyl (C=O) groups is 3. The van der Waals surface area contributed by atoms with Crippen molar-refractivity contribution in [3.63, 3.8) is 0 Å². The third kappa shape index (κ3) is 6.79. The van der Waals surface area contributed by atoms with Crippen molar-refractivity contribution in [1.29, 1.82) is 0 Å². The van der Waals surface area contributed by atoms with E-state index in [-0.39, 0.29) is 18.0 Å². The zero-order valence-corrected chi connectivity index (χ0v) is 19.0. The highest BCUT2D eigenvalue weighted by molar-refractivity contribution is 5.99. The number of para-hydroxylation sites is 1. The smallest absolute Gasteiger partial charge is 0.331 e. The highest BCUT2D eigenvalue weighted by Crippen LogP contribution is 2.31. The fourth-order valence-corrected chi connectivity index (χ4v) is 3.78. The molecular weight excluding hydrogens is 434 g/mol. The first-order chi connectivity index (χ1) is 16.3. The van der Waals surface area contributed by atoms with Gasteiger partial charge in [-0.2, -0.15) is 0 Å². The number of hydrogen-bond acceptors (Lipinski definition) is 4. The third-order valence-electron chi connectivity index (χ3n) is 5.81. The van der Waals surface area contributed by atoms with Gasteiger partial charge >= 0.3 is 18.0 Å². The molecule has 2 aromatic rings. The Balaban J connectivity index is 0.000000215. The fraction of sp³-hybridized carbons (Fsp3) is 0.269. The summed E-state index contributed by atoms with van der Waals surface area (Å²) in [5.41, 5.74) is 1.96. The van der Waals surface area contributed by atoms with E-state index < -0.39 is 17.4 Å². The number of hydrogen-bond donors (Lipinski definition) is 5. The van der Waals surface area contributed by atoms with Gasteiger partial charge in [0.15, 0.2) is 0 Å². The van der Waals surface area contributed by atoms with Gasteiger partial charge in [0.2, 0.25) is 0 Å². The van der Waals surface area contributed by atoms with Crippen molar-refractivity contribution in [2.45, 2.75) is 25.7 Å². The second-order valence-corrected chi connectivity index (χ2v) is 8.51. The zero-order valence-electron chi connectivity index (χ0n) is 19.0. The highest BCUT2D eigenvalue weighted by atomic mass is 16.4. The summed E-state index contributed by atoms with van der Waals surface area (Å²) in [7, 11) is 0. The molecule has 1 fully saturated rings. The Labute approximate surface area is 198 Å². The molecule has 0 radical (unpaired) electrons. The van der Waals surface area contributed by atoms with Crippen LogP contribution in [0.5, 0.6) is 0 Å². The molecule has 1 aliphatic heterocycles. The summed E-state index contributed by atoms with van der Waals surface area (Å²) in [6.07, 6.45) is 5.62. The number of benzene rings is 2. The minimum Gasteiger partial charge on any atom is -0.481 e. The van der Waals surface area contributed by atoms with Crippen molar-refractivity contribution < 1.29 is 24.6 Å². The molecule has 34 heavy (non-hydrogen) atoms. The Morgan fingerprint density at radius 2 is 1.62 bits per heavy atom. The van der Waals surface area contributed by atoms with E-state index in [4.69, 9.17) is 10.2 Å². The van der Waals surface area contributed by atoms with Gasteiger partial charge < -0.3 is 26.2 Å². The van der Waals surface area contributed by atoms with Gasteiger partial charge in [-0.1, -0.05) is 48.6 Å². The van der Waals surface area contributed by atoms with Crippen LogP contribution >= 0.6 is 0 Å². The third-order valence-corrected chi connectivity index (χ3v) is 5.81. The van der Waals surface area contributed by atoms with Gasteiger partial charge in [0.25, 0.3) is 0 Å². The average molecular weight is 464 g/mol. The number of amides is 2. The maximum Gasteiger partial charge on any atom is 0.331 e. The highest BCUT2D eigenvalue weighted by Gasteiger charge is 2.34. The molecule has 2 unspecified atom stereocenters. The van der Waals surface area contributed by atoms with Crippen molar-refractivity contribution in [1.82, 2.24) is 5.32 Å². The van der Waals surface area contributed by atoms with Gasteiger partial charge in [-0.05, 0) is 62.1 Å². The molecule has 1 saturated heterocycles. The van der Waals surface area contributed by atoms with Crippen molar-refractivity contribution >= 4 is 29.3 Å². The summed E-state index contributed by atoms with van der Waals surface area (Å²) < 4.78 is 0. The number of allylic oxidation sites excluding steroid dienone is 2. The Bertz CT molecular complexity index is 1070. The minimum absolute atomic E-state index is 0.0359. The van der Waals surface area contributed by atoms with Crippen LogP contribution in [0.2, 0.25) is 0 Å². The molecule has 0 bridgehead atoms. The molecule has 178 valence electrons. The van der Waals surface area contributed by atoms with E-state index in [2.05, 4.69) is 28.1 Å². The Morgan fingerprint density at radius 3 is 2.18 bits per heavy atom. The van der Waals surface area contributed by atoms with Crippen molar-refractivity contribution in [3.8, 4) is 0 Å². The number of anilines is 2. The molecule has 2 aliphatic rings. The van der Waals surface area contributed by atoms with Crippen LogP contribution in [-0.2, 0) is 9.59 Å². The lowest BCUT2D eigenvalue weighted by Crippen LogP contribution is -2.28. The van der Waals surface area contributed by atoms with Crippen LogP contribution in [0.15, 0.2) is 78.4 Å². The standard InChI is InChI=1S/C17H19N3O.C9H10O4/c21-17(19-15-4-2-1-3-5-15)20-16-8-6-13(7-9-16)14-10-11-18-12-14;1-9(8(12)13)4-2-3-6(5-9)7(10)11/h1-9,14,18H,10-12H2,(H2,19,20,21);2-4H,5H2,1H3,(H,10,11)(H,12,13). The molecule has 0 saturated carbocycles. The second-order valence-electron chi connectivity index (χ2n) is 8.51. The van der Waals surface area contributed by atoms with Crippen LogP contribution in [0, 0.1) is 5.41 Å². The van der Waals surface area contributed by atoms with E-state index >= 15 is 0 Å². The van der Waals surface area contributed by atoms with Gasteiger partial charge in [0.05, 0.1) is 5.41 Å². The number of aliphatic carboxylic acids is 2. The first-order valence-electron chi connectivity index (χ1n) is 11.1. The first-order valence-corrected chi connectivity index (χ1v) is 11.1. The summed E-state index contributed by atoms with van der Waals surface area (Å²) in [5, 5.41) is 26.5. The fourth-order valence-electron chi connectivity index (χ4n) is 3.78. The largest absolute Gasteiger partial charge is 0.481 e. The van der Waals surface area contributed by atoms with E-state index in [0.717, 1.165) is 24.5 Å². The quantitative estimate of drug-likeness (QED) is 0.446. The van der Waals surface area contributed by atoms with Gasteiger partial charge in [0, 0.05) is 23.5 Å². The molecule has 0 spiro atoms. The normalized spacial score (nSPS) is 21.0. The molecule has 2 atom stereocenters. The molecule has 1 heterocycles. The van der Waals surface area contributed by atoms with Gasteiger partial charge in [-0.25, -0.2) is 9.59 Å². The molecule has 2 amide bonds. The van der Waals surface area contributed by atoms with Crippen LogP contribution < -0.4 is 16.0 Å². The topological polar surface area (TPSA) is 128 Å². The van der Waals surface area contributed by atoms with Crippen molar-refractivity contribution in [2.75, 3.05) is 23.7 Å². The lowest BCUT2D eigenvalue weighted by atomic mass is 9.80. The number of urea groups is 1. The molecule has 8 heteroatoms. The molecule has 0 aromatic heterocycles. The Morgan fingerprint density at radius 1 is 0.971 bits per heavy atom. The molecule has 1 aliphatic carbocycles. The number of carbonyl (C=O) groups excluding carboxylic acids is 1. The van der Waals surface area contributed by atoms with E-state index in [1.54, 1.807) is 0 Å².